The van der Waals surface area contributed by atoms with Crippen LogP contribution in [0.3, 0.4) is 0 Å². The van der Waals surface area contributed by atoms with E-state index in [2.05, 4.69) is 0 Å². The van der Waals surface area contributed by atoms with Crippen LogP contribution in [0.4, 0.5) is 13.2 Å². The van der Waals surface area contributed by atoms with E-state index < -0.39 is 5.82 Å². The minimum Gasteiger partial charge on any atom is -0.508 e. The van der Waals surface area contributed by atoms with Gasteiger partial charge in [0.15, 0.2) is 6.29 Å². The highest BCUT2D eigenvalue weighted by Crippen LogP contribution is 2.15. The molecule has 0 aliphatic carbocycles. The number of nitrogens with zero attached hydrogens (tertiary/aromatic N) is 2. The highest BCUT2D eigenvalue weighted by Gasteiger charge is 2.02. The maximum atomic E-state index is 12.7. The number of phenols is 1. The fourth-order valence-electron chi connectivity index (χ4n) is 2.78. The molecule has 0 aliphatic rings. The molecule has 0 heterocycles. The van der Waals surface area contributed by atoms with Crippen molar-refractivity contribution >= 4 is 12.6 Å². The van der Waals surface area contributed by atoms with Crippen molar-refractivity contribution in [2.45, 2.75) is 6.61 Å². The van der Waals surface area contributed by atoms with Crippen LogP contribution in [0.5, 0.6) is 11.5 Å². The average Bonchev–Trinajstić information content (AvgIpc) is 2.95. The van der Waals surface area contributed by atoms with E-state index in [-0.39, 0.29) is 35.1 Å². The average molecular weight is 516 g/mol. The first-order valence-electron chi connectivity index (χ1n) is 10.7. The smallest absolute Gasteiger partial charge is 0.153 e. The highest BCUT2D eigenvalue weighted by atomic mass is 19.1. The molecule has 1 N–H and O–H groups in total. The molecule has 6 nitrogen and oxygen atoms in total. The number of hydrogen-bond acceptors (Lipinski definition) is 6. The lowest BCUT2D eigenvalue weighted by molar-refractivity contribution is 0.111. The molecule has 0 aliphatic heterocycles. The zero-order valence-electron chi connectivity index (χ0n) is 19.6. The monoisotopic (exact) mass is 516 g/mol. The zero-order valence-corrected chi connectivity index (χ0v) is 19.6. The predicted molar refractivity (Wildman–Crippen MR) is 132 cm³/mol. The van der Waals surface area contributed by atoms with E-state index in [1.54, 1.807) is 18.2 Å². The van der Waals surface area contributed by atoms with Gasteiger partial charge in [-0.1, -0.05) is 0 Å². The molecule has 0 aromatic heterocycles. The Hall–Kier alpha value is -5.41. The van der Waals surface area contributed by atoms with Crippen LogP contribution in [0, 0.1) is 40.1 Å². The van der Waals surface area contributed by atoms with Gasteiger partial charge in [-0.25, -0.2) is 13.2 Å². The van der Waals surface area contributed by atoms with Crippen molar-refractivity contribution in [2.75, 3.05) is 0 Å². The van der Waals surface area contributed by atoms with Crippen LogP contribution < -0.4 is 4.74 Å². The van der Waals surface area contributed by atoms with Gasteiger partial charge < -0.3 is 9.84 Å². The number of phenolic OH excluding ortho intramolecular Hbond substituents is 1. The number of nitriles is 2. The first-order chi connectivity index (χ1) is 18.3. The van der Waals surface area contributed by atoms with Gasteiger partial charge in [0.25, 0.3) is 0 Å². The fraction of sp³-hybridized carbons (Fsp3) is 0.0345. The molecular weight excluding hydrogens is 497 g/mol. The molecule has 4 rings (SSSR count). The van der Waals surface area contributed by atoms with E-state index in [0.717, 1.165) is 6.07 Å². The van der Waals surface area contributed by atoms with Crippen molar-refractivity contribution in [1.29, 1.82) is 10.5 Å². The van der Waals surface area contributed by atoms with Gasteiger partial charge in [0.05, 0.1) is 28.8 Å². The molecule has 0 bridgehead atoms. The van der Waals surface area contributed by atoms with Gasteiger partial charge in [-0.2, -0.15) is 10.5 Å². The number of halogens is 3. The SMILES string of the molecule is N#Cc1cc(C=O)cc(COc2ccc(F)cc2)c1.N#Cc1ccc(F)c(C=O)c1.Oc1ccc(F)cc1. The summed E-state index contributed by atoms with van der Waals surface area (Å²) in [6.45, 7) is 0.210. The van der Waals surface area contributed by atoms with Gasteiger partial charge in [0.1, 0.15) is 41.8 Å². The summed E-state index contributed by atoms with van der Waals surface area (Å²) in [5.41, 5.74) is 1.75. The lowest BCUT2D eigenvalue weighted by atomic mass is 10.1. The summed E-state index contributed by atoms with van der Waals surface area (Å²) in [4.78, 5) is 20.9. The number of hydrogen-bond donors (Lipinski definition) is 1. The van der Waals surface area contributed by atoms with Crippen LogP contribution in [0.2, 0.25) is 0 Å². The first-order valence-corrected chi connectivity index (χ1v) is 10.7. The molecule has 0 saturated heterocycles. The number of aldehydes is 2. The molecule has 0 saturated carbocycles. The third-order valence-electron chi connectivity index (χ3n) is 4.58. The summed E-state index contributed by atoms with van der Waals surface area (Å²) in [6.07, 6.45) is 1.07. The summed E-state index contributed by atoms with van der Waals surface area (Å²) in [5.74, 6) is -0.647. The minimum absolute atomic E-state index is 0.0796. The summed E-state index contributed by atoms with van der Waals surface area (Å²) in [5, 5.41) is 25.8. The predicted octanol–water partition coefficient (Wildman–Crippen LogP) is 6.13. The number of rotatable bonds is 5. The number of carbonyl (C=O) groups is 2. The Labute approximate surface area is 216 Å². The van der Waals surface area contributed by atoms with Crippen molar-refractivity contribution < 1.29 is 32.6 Å². The van der Waals surface area contributed by atoms with Gasteiger partial charge in [-0.05, 0) is 90.5 Å². The van der Waals surface area contributed by atoms with Crippen molar-refractivity contribution in [3.63, 3.8) is 0 Å². The van der Waals surface area contributed by atoms with Crippen LogP contribution in [0.1, 0.15) is 37.4 Å². The van der Waals surface area contributed by atoms with E-state index >= 15 is 0 Å². The molecule has 190 valence electrons. The Kier molecular flexibility index (Phi) is 11.3. The lowest BCUT2D eigenvalue weighted by Gasteiger charge is -2.07. The molecule has 0 unspecified atom stereocenters. The molecule has 0 fully saturated rings. The van der Waals surface area contributed by atoms with E-state index in [0.29, 0.717) is 35.0 Å². The molecule has 9 heteroatoms. The molecule has 0 spiro atoms. The molecule has 38 heavy (non-hydrogen) atoms. The third kappa shape index (κ3) is 9.68. The number of ether oxygens (including phenoxy) is 1. The van der Waals surface area contributed by atoms with Gasteiger partial charge in [-0.3, -0.25) is 9.59 Å². The molecule has 0 amide bonds. The second kappa shape index (κ2) is 14.9. The van der Waals surface area contributed by atoms with E-state index in [4.69, 9.17) is 20.4 Å². The second-order valence-electron chi connectivity index (χ2n) is 7.38. The van der Waals surface area contributed by atoms with Gasteiger partial charge in [-0.15, -0.1) is 0 Å². The number of benzene rings is 4. The van der Waals surface area contributed by atoms with Crippen LogP contribution in [0.25, 0.3) is 0 Å². The van der Waals surface area contributed by atoms with E-state index in [9.17, 15) is 22.8 Å². The number of aromatic hydroxyl groups is 1. The Morgan fingerprint density at radius 2 is 1.34 bits per heavy atom. The largest absolute Gasteiger partial charge is 0.508 e. The maximum absolute atomic E-state index is 12.7. The van der Waals surface area contributed by atoms with Crippen molar-refractivity contribution in [3.8, 4) is 23.6 Å². The fourth-order valence-corrected chi connectivity index (χ4v) is 2.78. The Morgan fingerprint density at radius 3 is 1.87 bits per heavy atom. The van der Waals surface area contributed by atoms with E-state index in [1.165, 1.54) is 66.7 Å². The lowest BCUT2D eigenvalue weighted by Crippen LogP contribution is -1.97. The standard InChI is InChI=1S/C15H10FNO2.C8H4FNO.C6H5FO/c16-14-1-3-15(4-2-14)19-10-13-6-11(8-17)5-12(7-13)9-18;9-8-2-1-6(4-10)3-7(8)5-11;7-5-1-3-6(8)4-2-5/h1-7,9H,10H2;1-3,5H;1-4,8H. The Morgan fingerprint density at radius 1 is 0.737 bits per heavy atom. The summed E-state index contributed by atoms with van der Waals surface area (Å²) < 4.78 is 42.7. The van der Waals surface area contributed by atoms with Gasteiger partial charge in [0, 0.05) is 5.56 Å². The van der Waals surface area contributed by atoms with Gasteiger partial charge in [0.2, 0.25) is 0 Å². The Balaban J connectivity index is 0.000000224. The number of carbonyl (C=O) groups excluding carboxylic acids is 2. The third-order valence-corrected chi connectivity index (χ3v) is 4.58. The van der Waals surface area contributed by atoms with Gasteiger partial charge >= 0.3 is 0 Å². The minimum atomic E-state index is -0.598. The topological polar surface area (TPSA) is 111 Å². The normalized spacial score (nSPS) is 9.29. The molecule has 0 atom stereocenters. The molecule has 0 radical (unpaired) electrons. The quantitative estimate of drug-likeness (QED) is 0.320. The van der Waals surface area contributed by atoms with Crippen molar-refractivity contribution in [1.82, 2.24) is 0 Å². The molecule has 4 aromatic rings. The summed E-state index contributed by atoms with van der Waals surface area (Å²) >= 11 is 0. The van der Waals surface area contributed by atoms with E-state index in [1.807, 2.05) is 6.07 Å². The van der Waals surface area contributed by atoms with Crippen molar-refractivity contribution in [3.05, 3.63) is 130 Å². The highest BCUT2D eigenvalue weighted by molar-refractivity contribution is 5.76. The van der Waals surface area contributed by atoms with Crippen LogP contribution in [-0.2, 0) is 6.61 Å². The summed E-state index contributed by atoms with van der Waals surface area (Å²) in [6, 6.07) is 22.9. The first kappa shape index (κ1) is 28.8. The van der Waals surface area contributed by atoms with Crippen LogP contribution >= 0.6 is 0 Å². The zero-order chi connectivity index (χ0) is 27.9. The summed E-state index contributed by atoms with van der Waals surface area (Å²) in [7, 11) is 0. The van der Waals surface area contributed by atoms with Crippen LogP contribution in [-0.4, -0.2) is 17.7 Å². The molecule has 4 aromatic carbocycles. The van der Waals surface area contributed by atoms with Crippen LogP contribution in [0.15, 0.2) is 84.9 Å². The second-order valence-corrected chi connectivity index (χ2v) is 7.38. The maximum Gasteiger partial charge on any atom is 0.153 e. The Bertz CT molecular complexity index is 1440. The van der Waals surface area contributed by atoms with Crippen molar-refractivity contribution in [2.24, 2.45) is 0 Å². The molecular formula is C29H19F3N2O4.